The Balaban J connectivity index is 2.30. The third-order valence-corrected chi connectivity index (χ3v) is 3.11. The van der Waals surface area contributed by atoms with Gasteiger partial charge < -0.3 is 5.11 Å². The lowest BCUT2D eigenvalue weighted by atomic mass is 10.3. The van der Waals surface area contributed by atoms with E-state index in [0.29, 0.717) is 6.42 Å². The number of aromatic hydroxyl groups is 1. The molecule has 0 aliphatic rings. The molecular formula is C10H11N3O3S. The van der Waals surface area contributed by atoms with Crippen molar-refractivity contribution in [3.8, 4) is 5.88 Å². The van der Waals surface area contributed by atoms with Gasteiger partial charge in [-0.2, -0.15) is 0 Å². The first kappa shape index (κ1) is 11.6. The summed E-state index contributed by atoms with van der Waals surface area (Å²) in [6.45, 7) is 1.75. The zero-order valence-electron chi connectivity index (χ0n) is 9.14. The lowest BCUT2D eigenvalue weighted by Gasteiger charge is -2.08. The average molecular weight is 253 g/mol. The Bertz CT molecular complexity index is 627. The fourth-order valence-electron chi connectivity index (χ4n) is 1.45. The zero-order valence-corrected chi connectivity index (χ0v) is 9.95. The number of aromatic amines is 1. The van der Waals surface area contributed by atoms with E-state index in [1.807, 2.05) is 5.38 Å². The summed E-state index contributed by atoms with van der Waals surface area (Å²) < 4.78 is 1.14. The van der Waals surface area contributed by atoms with Crippen molar-refractivity contribution in [1.82, 2.24) is 14.5 Å². The molecule has 2 N–H and O–H groups in total. The smallest absolute Gasteiger partial charge is 0.331 e. The van der Waals surface area contributed by atoms with Crippen LogP contribution in [0, 0.1) is 6.92 Å². The Labute approximate surface area is 100 Å². The van der Waals surface area contributed by atoms with Gasteiger partial charge in [0.05, 0.1) is 16.8 Å². The van der Waals surface area contributed by atoms with E-state index < -0.39 is 11.2 Å². The zero-order chi connectivity index (χ0) is 12.4. The topological polar surface area (TPSA) is 88.0 Å². The molecule has 0 saturated heterocycles. The second-order valence-electron chi connectivity index (χ2n) is 3.59. The molecule has 0 unspecified atom stereocenters. The van der Waals surface area contributed by atoms with Crippen molar-refractivity contribution in [2.75, 3.05) is 0 Å². The quantitative estimate of drug-likeness (QED) is 0.820. The minimum atomic E-state index is -0.603. The van der Waals surface area contributed by atoms with Gasteiger partial charge in [-0.25, -0.2) is 9.78 Å². The summed E-state index contributed by atoms with van der Waals surface area (Å²) in [6, 6.07) is 0. The molecule has 2 aromatic rings. The number of hydrogen-bond donors (Lipinski definition) is 2. The molecule has 17 heavy (non-hydrogen) atoms. The van der Waals surface area contributed by atoms with Crippen LogP contribution < -0.4 is 11.2 Å². The van der Waals surface area contributed by atoms with Gasteiger partial charge in [0.25, 0.3) is 5.56 Å². The molecule has 2 heterocycles. The van der Waals surface area contributed by atoms with Crippen LogP contribution in [0.2, 0.25) is 0 Å². The molecule has 0 spiro atoms. The van der Waals surface area contributed by atoms with Crippen LogP contribution in [0.25, 0.3) is 0 Å². The highest BCUT2D eigenvalue weighted by Crippen LogP contribution is 2.09. The van der Waals surface area contributed by atoms with Crippen molar-refractivity contribution < 1.29 is 5.11 Å². The molecule has 2 aromatic heterocycles. The normalized spacial score (nSPS) is 10.6. The third-order valence-electron chi connectivity index (χ3n) is 2.47. The summed E-state index contributed by atoms with van der Waals surface area (Å²) in [5, 5.41) is 11.6. The molecule has 0 aromatic carbocycles. The van der Waals surface area contributed by atoms with E-state index in [-0.39, 0.29) is 18.0 Å². The highest BCUT2D eigenvalue weighted by atomic mass is 32.1. The van der Waals surface area contributed by atoms with Crippen LogP contribution in [0.4, 0.5) is 0 Å². The van der Waals surface area contributed by atoms with E-state index in [2.05, 4.69) is 9.97 Å². The number of thiazole rings is 1. The van der Waals surface area contributed by atoms with Crippen LogP contribution in [0.3, 0.4) is 0 Å². The SMILES string of the molecule is Cc1c(O)n(CCc2cscn2)c(=O)[nH]c1=O. The lowest BCUT2D eigenvalue weighted by molar-refractivity contribution is 0.395. The second-order valence-corrected chi connectivity index (χ2v) is 4.31. The molecule has 90 valence electrons. The van der Waals surface area contributed by atoms with Gasteiger partial charge in [-0.15, -0.1) is 11.3 Å². The predicted octanol–water partition coefficient (Wildman–Crippen LogP) is 0.250. The molecule has 0 fully saturated rings. The van der Waals surface area contributed by atoms with Gasteiger partial charge in [-0.1, -0.05) is 0 Å². The van der Waals surface area contributed by atoms with E-state index in [1.54, 1.807) is 5.51 Å². The summed E-state index contributed by atoms with van der Waals surface area (Å²) >= 11 is 1.47. The van der Waals surface area contributed by atoms with Gasteiger partial charge in [-0.3, -0.25) is 14.3 Å². The van der Waals surface area contributed by atoms with Gasteiger partial charge in [0.1, 0.15) is 0 Å². The average Bonchev–Trinajstić information content (AvgIpc) is 2.79. The van der Waals surface area contributed by atoms with Crippen molar-refractivity contribution in [3.63, 3.8) is 0 Å². The van der Waals surface area contributed by atoms with E-state index in [9.17, 15) is 14.7 Å². The van der Waals surface area contributed by atoms with Crippen molar-refractivity contribution >= 4 is 11.3 Å². The number of hydrogen-bond acceptors (Lipinski definition) is 5. The summed E-state index contributed by atoms with van der Waals surface area (Å²) in [6.07, 6.45) is 0.530. The van der Waals surface area contributed by atoms with Crippen LogP contribution in [0.5, 0.6) is 5.88 Å². The van der Waals surface area contributed by atoms with Crippen LogP contribution in [0.1, 0.15) is 11.3 Å². The number of nitrogens with one attached hydrogen (secondary N) is 1. The Morgan fingerprint density at radius 3 is 2.94 bits per heavy atom. The maximum Gasteiger partial charge on any atom is 0.331 e. The number of aromatic nitrogens is 3. The summed E-state index contributed by atoms with van der Waals surface area (Å²) in [5.41, 5.74) is 1.54. The third kappa shape index (κ3) is 2.28. The first-order chi connectivity index (χ1) is 8.09. The first-order valence-corrected chi connectivity index (χ1v) is 5.93. The molecule has 0 bridgehead atoms. The van der Waals surface area contributed by atoms with Crippen LogP contribution >= 0.6 is 11.3 Å². The molecule has 0 atom stereocenters. The maximum absolute atomic E-state index is 11.5. The van der Waals surface area contributed by atoms with Gasteiger partial charge in [0, 0.05) is 18.3 Å². The molecule has 7 heteroatoms. The van der Waals surface area contributed by atoms with E-state index >= 15 is 0 Å². The molecule has 2 rings (SSSR count). The van der Waals surface area contributed by atoms with Gasteiger partial charge in [0.2, 0.25) is 5.88 Å². The van der Waals surface area contributed by atoms with Gasteiger partial charge in [-0.05, 0) is 6.92 Å². The fraction of sp³-hybridized carbons (Fsp3) is 0.300. The standard InChI is InChI=1S/C10H11N3O3S/c1-6-8(14)12-10(16)13(9(6)15)3-2-7-4-17-5-11-7/h4-5,15H,2-3H2,1H3,(H,12,14,16). The molecule has 0 saturated carbocycles. The van der Waals surface area contributed by atoms with Crippen LogP contribution in [-0.2, 0) is 13.0 Å². The largest absolute Gasteiger partial charge is 0.494 e. The summed E-state index contributed by atoms with van der Waals surface area (Å²) in [5.74, 6) is -0.283. The lowest BCUT2D eigenvalue weighted by Crippen LogP contribution is -2.31. The van der Waals surface area contributed by atoms with Gasteiger partial charge in [0.15, 0.2) is 0 Å². The van der Waals surface area contributed by atoms with E-state index in [0.717, 1.165) is 10.3 Å². The molecule has 0 aliphatic heterocycles. The molecular weight excluding hydrogens is 242 g/mol. The first-order valence-electron chi connectivity index (χ1n) is 4.99. The number of nitrogens with zero attached hydrogens (tertiary/aromatic N) is 2. The monoisotopic (exact) mass is 253 g/mol. The van der Waals surface area contributed by atoms with E-state index in [1.165, 1.54) is 18.3 Å². The number of aryl methyl sites for hydroxylation is 1. The number of rotatable bonds is 3. The Hall–Kier alpha value is -1.89. The highest BCUT2D eigenvalue weighted by Gasteiger charge is 2.10. The molecule has 0 radical (unpaired) electrons. The Morgan fingerprint density at radius 2 is 2.29 bits per heavy atom. The van der Waals surface area contributed by atoms with Crippen molar-refractivity contribution in [3.05, 3.63) is 43.0 Å². The summed E-state index contributed by atoms with van der Waals surface area (Å²) in [4.78, 5) is 28.9. The second kappa shape index (κ2) is 4.54. The van der Waals surface area contributed by atoms with Crippen LogP contribution in [0.15, 0.2) is 20.5 Å². The van der Waals surface area contributed by atoms with Crippen molar-refractivity contribution in [2.24, 2.45) is 0 Å². The van der Waals surface area contributed by atoms with Crippen molar-refractivity contribution in [1.29, 1.82) is 0 Å². The maximum atomic E-state index is 11.5. The Morgan fingerprint density at radius 1 is 1.53 bits per heavy atom. The molecule has 0 aliphatic carbocycles. The highest BCUT2D eigenvalue weighted by molar-refractivity contribution is 7.07. The fourth-order valence-corrected chi connectivity index (χ4v) is 2.05. The molecule has 0 amide bonds. The summed E-state index contributed by atoms with van der Waals surface area (Å²) in [7, 11) is 0. The van der Waals surface area contributed by atoms with Crippen LogP contribution in [-0.4, -0.2) is 19.6 Å². The minimum absolute atomic E-state index is 0.142. The Kier molecular flexibility index (Phi) is 3.10. The minimum Gasteiger partial charge on any atom is -0.494 e. The van der Waals surface area contributed by atoms with Crippen molar-refractivity contribution in [2.45, 2.75) is 19.9 Å². The predicted molar refractivity (Wildman–Crippen MR) is 63.5 cm³/mol. The van der Waals surface area contributed by atoms with Gasteiger partial charge >= 0.3 is 5.69 Å². The van der Waals surface area contributed by atoms with E-state index in [4.69, 9.17) is 0 Å². The molecule has 6 nitrogen and oxygen atoms in total. The number of H-pyrrole nitrogens is 1.